The van der Waals surface area contributed by atoms with E-state index in [4.69, 9.17) is 11.3 Å². The van der Waals surface area contributed by atoms with Gasteiger partial charge in [0.15, 0.2) is 0 Å². The van der Waals surface area contributed by atoms with Crippen molar-refractivity contribution in [3.05, 3.63) is 10.4 Å². The zero-order valence-electron chi connectivity index (χ0n) is 10.8. The van der Waals surface area contributed by atoms with Crippen LogP contribution in [0.4, 0.5) is 0 Å². The Bertz CT molecular complexity index is 275. The van der Waals surface area contributed by atoms with Crippen LogP contribution in [0.15, 0.2) is 5.11 Å². The average molecular weight is 241 g/mol. The lowest BCUT2D eigenvalue weighted by molar-refractivity contribution is -0.125. The lowest BCUT2D eigenvalue weighted by atomic mass is 9.89. The van der Waals surface area contributed by atoms with E-state index in [0.717, 1.165) is 19.3 Å². The van der Waals surface area contributed by atoms with Crippen molar-refractivity contribution in [1.29, 1.82) is 0 Å². The number of carbonyl (C=O) groups is 1. The molecule has 6 nitrogen and oxygen atoms in total. The highest BCUT2D eigenvalue weighted by Gasteiger charge is 2.32. The molecule has 0 aliphatic heterocycles. The maximum absolute atomic E-state index is 11.6. The maximum Gasteiger partial charge on any atom is 0.237 e. The number of amides is 1. The molecule has 0 aliphatic carbocycles. The highest BCUT2D eigenvalue weighted by atomic mass is 16.1. The normalized spacial score (nSPS) is 13.8. The van der Waals surface area contributed by atoms with Gasteiger partial charge in [-0.15, -0.1) is 0 Å². The predicted octanol–water partition coefficient (Wildman–Crippen LogP) is 2.10. The van der Waals surface area contributed by atoms with E-state index in [2.05, 4.69) is 22.3 Å². The van der Waals surface area contributed by atoms with E-state index in [0.29, 0.717) is 25.9 Å². The van der Waals surface area contributed by atoms with Crippen LogP contribution < -0.4 is 11.1 Å². The van der Waals surface area contributed by atoms with Crippen molar-refractivity contribution in [1.82, 2.24) is 5.32 Å². The Morgan fingerprint density at radius 3 is 2.65 bits per heavy atom. The van der Waals surface area contributed by atoms with Crippen LogP contribution in [0.3, 0.4) is 0 Å². The number of rotatable bonds is 10. The Hall–Kier alpha value is -1.26. The summed E-state index contributed by atoms with van der Waals surface area (Å²) in [7, 11) is 0. The third-order valence-corrected chi connectivity index (χ3v) is 2.99. The summed E-state index contributed by atoms with van der Waals surface area (Å²) in [4.78, 5) is 14.2. The summed E-state index contributed by atoms with van der Waals surface area (Å²) in [5.41, 5.74) is 13.0. The van der Waals surface area contributed by atoms with Crippen LogP contribution in [0, 0.1) is 0 Å². The number of azide groups is 1. The summed E-state index contributed by atoms with van der Waals surface area (Å²) in [5.74, 6) is -0.294. The van der Waals surface area contributed by atoms with Crippen LogP contribution in [0.2, 0.25) is 0 Å². The molecule has 98 valence electrons. The zero-order chi connectivity index (χ0) is 13.1. The molecule has 0 fully saturated rings. The molecule has 1 unspecified atom stereocenters. The van der Waals surface area contributed by atoms with Crippen molar-refractivity contribution < 1.29 is 4.79 Å². The quantitative estimate of drug-likeness (QED) is 0.264. The Kier molecular flexibility index (Phi) is 8.19. The van der Waals surface area contributed by atoms with Gasteiger partial charge in [-0.25, -0.2) is 0 Å². The zero-order valence-corrected chi connectivity index (χ0v) is 10.8. The number of hydrogen-bond donors (Lipinski definition) is 2. The van der Waals surface area contributed by atoms with Gasteiger partial charge in [-0.05, 0) is 31.3 Å². The monoisotopic (exact) mass is 241 g/mol. The molecule has 0 rings (SSSR count). The van der Waals surface area contributed by atoms with Crippen molar-refractivity contribution in [2.24, 2.45) is 10.8 Å². The molecule has 0 aromatic carbocycles. The van der Waals surface area contributed by atoms with E-state index in [1.54, 1.807) is 0 Å². The topological polar surface area (TPSA) is 104 Å². The summed E-state index contributed by atoms with van der Waals surface area (Å²) >= 11 is 0. The van der Waals surface area contributed by atoms with Gasteiger partial charge in [-0.3, -0.25) is 4.79 Å². The van der Waals surface area contributed by atoms with E-state index in [-0.39, 0.29) is 5.91 Å². The smallest absolute Gasteiger partial charge is 0.237 e. The van der Waals surface area contributed by atoms with Gasteiger partial charge in [0.1, 0.15) is 0 Å². The molecule has 3 N–H and O–H groups in total. The molecule has 0 aliphatic rings. The van der Waals surface area contributed by atoms with Gasteiger partial charge >= 0.3 is 0 Å². The van der Waals surface area contributed by atoms with Gasteiger partial charge in [0.05, 0.1) is 5.54 Å². The predicted molar refractivity (Wildman–Crippen MR) is 68.4 cm³/mol. The average Bonchev–Trinajstić information content (AvgIpc) is 2.32. The summed E-state index contributed by atoms with van der Waals surface area (Å²) < 4.78 is 0. The largest absolute Gasteiger partial charge is 0.368 e. The molecule has 0 aromatic rings. The minimum Gasteiger partial charge on any atom is -0.368 e. The first kappa shape index (κ1) is 15.7. The molecule has 0 heterocycles. The van der Waals surface area contributed by atoms with Gasteiger partial charge in [-0.2, -0.15) is 0 Å². The highest BCUT2D eigenvalue weighted by molar-refractivity contribution is 5.84. The number of hydrogen-bond acceptors (Lipinski definition) is 3. The van der Waals surface area contributed by atoms with Crippen molar-refractivity contribution >= 4 is 5.91 Å². The SMILES string of the molecule is CCCCC(CC)(NCCCN=[N+]=[N-])C(N)=O. The van der Waals surface area contributed by atoms with Crippen LogP contribution in [-0.4, -0.2) is 24.5 Å². The van der Waals surface area contributed by atoms with E-state index >= 15 is 0 Å². The molecule has 0 bridgehead atoms. The van der Waals surface area contributed by atoms with E-state index in [1.807, 2.05) is 6.92 Å². The molecule has 0 saturated carbocycles. The third kappa shape index (κ3) is 5.56. The lowest BCUT2D eigenvalue weighted by Crippen LogP contribution is -2.55. The first-order valence-electron chi connectivity index (χ1n) is 6.18. The van der Waals surface area contributed by atoms with Crippen LogP contribution in [-0.2, 0) is 4.79 Å². The fourth-order valence-corrected chi connectivity index (χ4v) is 1.78. The maximum atomic E-state index is 11.6. The van der Waals surface area contributed by atoms with Crippen LogP contribution in [0.25, 0.3) is 10.4 Å². The van der Waals surface area contributed by atoms with Crippen LogP contribution in [0.5, 0.6) is 0 Å². The fraction of sp³-hybridized carbons (Fsp3) is 0.909. The molecule has 0 radical (unpaired) electrons. The van der Waals surface area contributed by atoms with E-state index < -0.39 is 5.54 Å². The van der Waals surface area contributed by atoms with Gasteiger partial charge in [0, 0.05) is 11.5 Å². The molecular formula is C11H23N5O. The molecule has 1 atom stereocenters. The second kappa shape index (κ2) is 8.84. The molecule has 17 heavy (non-hydrogen) atoms. The first-order valence-corrected chi connectivity index (χ1v) is 6.18. The Labute approximate surface area is 103 Å². The summed E-state index contributed by atoms with van der Waals surface area (Å²) in [6.45, 7) is 5.12. The van der Waals surface area contributed by atoms with Gasteiger partial charge in [0.25, 0.3) is 0 Å². The second-order valence-corrected chi connectivity index (χ2v) is 4.14. The number of nitrogens with zero attached hydrogens (tertiary/aromatic N) is 3. The van der Waals surface area contributed by atoms with Gasteiger partial charge in [-0.1, -0.05) is 31.8 Å². The van der Waals surface area contributed by atoms with Crippen LogP contribution >= 0.6 is 0 Å². The molecule has 0 saturated heterocycles. The summed E-state index contributed by atoms with van der Waals surface area (Å²) in [5, 5.41) is 6.67. The fourth-order valence-electron chi connectivity index (χ4n) is 1.78. The molecule has 0 aromatic heterocycles. The number of nitrogens with one attached hydrogen (secondary N) is 1. The number of unbranched alkanes of at least 4 members (excludes halogenated alkanes) is 1. The standard InChI is InChI=1S/C11H23N5O/c1-3-5-7-11(4-2,10(12)17)14-8-6-9-15-16-13/h14H,3-9H2,1-2H3,(H2,12,17). The lowest BCUT2D eigenvalue weighted by Gasteiger charge is -2.30. The molecular weight excluding hydrogens is 218 g/mol. The Morgan fingerprint density at radius 2 is 2.18 bits per heavy atom. The van der Waals surface area contributed by atoms with Crippen molar-refractivity contribution in [3.63, 3.8) is 0 Å². The minimum atomic E-state index is -0.605. The van der Waals surface area contributed by atoms with Crippen LogP contribution in [0.1, 0.15) is 46.0 Å². The van der Waals surface area contributed by atoms with E-state index in [1.165, 1.54) is 0 Å². The summed E-state index contributed by atoms with van der Waals surface area (Å²) in [6, 6.07) is 0. The minimum absolute atomic E-state index is 0.294. The molecule has 0 spiro atoms. The van der Waals surface area contributed by atoms with Crippen molar-refractivity contribution in [2.75, 3.05) is 13.1 Å². The van der Waals surface area contributed by atoms with Crippen molar-refractivity contribution in [3.8, 4) is 0 Å². The number of nitrogens with two attached hydrogens (primary N) is 1. The van der Waals surface area contributed by atoms with Gasteiger partial charge < -0.3 is 11.1 Å². The number of carbonyl (C=O) groups excluding carboxylic acids is 1. The number of primary amides is 1. The third-order valence-electron chi connectivity index (χ3n) is 2.99. The van der Waals surface area contributed by atoms with Crippen molar-refractivity contribution in [2.45, 2.75) is 51.5 Å². The highest BCUT2D eigenvalue weighted by Crippen LogP contribution is 2.18. The Morgan fingerprint density at radius 1 is 1.47 bits per heavy atom. The molecule has 1 amide bonds. The second-order valence-electron chi connectivity index (χ2n) is 4.14. The first-order chi connectivity index (χ1) is 8.13. The molecule has 6 heteroatoms. The van der Waals surface area contributed by atoms with E-state index in [9.17, 15) is 4.79 Å². The van der Waals surface area contributed by atoms with Gasteiger partial charge in [0.2, 0.25) is 5.91 Å². The summed E-state index contributed by atoms with van der Waals surface area (Å²) in [6.07, 6.45) is 4.17. The Balaban J connectivity index is 4.26.